The fourth-order valence-corrected chi connectivity index (χ4v) is 2.55. The van der Waals surface area contributed by atoms with E-state index in [2.05, 4.69) is 10.3 Å². The van der Waals surface area contributed by atoms with Gasteiger partial charge in [-0.1, -0.05) is 18.2 Å². The van der Waals surface area contributed by atoms with Crippen LogP contribution in [0, 0.1) is 0 Å². The molecule has 4 nitrogen and oxygen atoms in total. The maximum absolute atomic E-state index is 5.86. The van der Waals surface area contributed by atoms with Crippen molar-refractivity contribution in [2.24, 2.45) is 0 Å². The molecule has 1 saturated carbocycles. The summed E-state index contributed by atoms with van der Waals surface area (Å²) in [6, 6.07) is 8.73. The number of benzene rings is 1. The average Bonchev–Trinajstić information content (AvgIpc) is 3.06. The number of furan rings is 1. The Morgan fingerprint density at radius 1 is 1.24 bits per heavy atom. The van der Waals surface area contributed by atoms with Gasteiger partial charge in [0, 0.05) is 17.8 Å². The van der Waals surface area contributed by atoms with Crippen LogP contribution in [0.3, 0.4) is 0 Å². The summed E-state index contributed by atoms with van der Waals surface area (Å²) in [4.78, 5) is 4.38. The second kappa shape index (κ2) is 5.37. The van der Waals surface area contributed by atoms with Crippen molar-refractivity contribution in [1.82, 2.24) is 10.3 Å². The van der Waals surface area contributed by atoms with Crippen LogP contribution in [0.1, 0.15) is 25.2 Å². The molecule has 1 N–H and O–H groups in total. The van der Waals surface area contributed by atoms with Crippen LogP contribution in [-0.2, 0) is 6.42 Å². The predicted molar refractivity (Wildman–Crippen MR) is 81.1 cm³/mol. The molecule has 108 valence electrons. The number of oxazole rings is 1. The predicted octanol–water partition coefficient (Wildman–Crippen LogP) is 3.77. The summed E-state index contributed by atoms with van der Waals surface area (Å²) in [6.07, 6.45) is 8.12. The van der Waals surface area contributed by atoms with Crippen LogP contribution in [-0.4, -0.2) is 17.6 Å². The number of para-hydroxylation sites is 1. The molecule has 0 amide bonds. The molecule has 0 saturated heterocycles. The van der Waals surface area contributed by atoms with Gasteiger partial charge >= 0.3 is 0 Å². The monoisotopic (exact) mass is 282 g/mol. The molecular formula is C17H18N2O2. The lowest BCUT2D eigenvalue weighted by Gasteiger charge is -1.99. The number of fused-ring (bicyclic) bond motifs is 1. The number of aromatic nitrogens is 1. The van der Waals surface area contributed by atoms with Crippen LogP contribution in [0.5, 0.6) is 0 Å². The van der Waals surface area contributed by atoms with Crippen LogP contribution < -0.4 is 5.32 Å². The molecule has 0 bridgehead atoms. The quantitative estimate of drug-likeness (QED) is 0.699. The minimum atomic E-state index is 0.766. The summed E-state index contributed by atoms with van der Waals surface area (Å²) in [5, 5.41) is 4.57. The lowest BCUT2D eigenvalue weighted by atomic mass is 10.1. The molecule has 0 spiro atoms. The smallest absolute Gasteiger partial charge is 0.194 e. The van der Waals surface area contributed by atoms with E-state index in [0.717, 1.165) is 53.6 Å². The topological polar surface area (TPSA) is 51.2 Å². The van der Waals surface area contributed by atoms with Gasteiger partial charge in [-0.05, 0) is 31.9 Å². The van der Waals surface area contributed by atoms with Crippen molar-refractivity contribution in [1.29, 1.82) is 0 Å². The Morgan fingerprint density at radius 2 is 2.14 bits per heavy atom. The minimum absolute atomic E-state index is 0.766. The fourth-order valence-electron chi connectivity index (χ4n) is 2.55. The van der Waals surface area contributed by atoms with E-state index in [9.17, 15) is 0 Å². The summed E-state index contributed by atoms with van der Waals surface area (Å²) < 4.78 is 11.4. The molecule has 1 aliphatic carbocycles. The minimum Gasteiger partial charge on any atom is -0.464 e. The van der Waals surface area contributed by atoms with Crippen molar-refractivity contribution in [3.63, 3.8) is 0 Å². The normalized spacial score (nSPS) is 14.9. The SMILES string of the molecule is c1ccc2c(-c3cnc(CCCNC4CC4)o3)coc2c1. The molecule has 21 heavy (non-hydrogen) atoms. The van der Waals surface area contributed by atoms with E-state index >= 15 is 0 Å². The number of aryl methyl sites for hydroxylation is 1. The maximum Gasteiger partial charge on any atom is 0.194 e. The first-order chi connectivity index (χ1) is 10.4. The Balaban J connectivity index is 1.45. The Labute approximate surface area is 123 Å². The number of nitrogens with zero attached hydrogens (tertiary/aromatic N) is 1. The van der Waals surface area contributed by atoms with Gasteiger partial charge in [-0.2, -0.15) is 0 Å². The van der Waals surface area contributed by atoms with Gasteiger partial charge in [-0.15, -0.1) is 0 Å². The molecule has 4 heteroatoms. The Bertz CT molecular complexity index is 740. The molecule has 3 aromatic rings. The van der Waals surface area contributed by atoms with E-state index in [1.807, 2.05) is 24.3 Å². The molecule has 2 aromatic heterocycles. The molecule has 4 rings (SSSR count). The zero-order chi connectivity index (χ0) is 14.1. The first-order valence-electron chi connectivity index (χ1n) is 7.55. The molecule has 0 unspecified atom stereocenters. The highest BCUT2D eigenvalue weighted by Gasteiger charge is 2.19. The molecular weight excluding hydrogens is 264 g/mol. The summed E-state index contributed by atoms with van der Waals surface area (Å²) in [6.45, 7) is 1.04. The molecule has 0 atom stereocenters. The molecule has 1 aliphatic rings. The number of hydrogen-bond acceptors (Lipinski definition) is 4. The van der Waals surface area contributed by atoms with Crippen molar-refractivity contribution < 1.29 is 8.83 Å². The molecule has 0 radical (unpaired) electrons. The Hall–Kier alpha value is -2.07. The van der Waals surface area contributed by atoms with Gasteiger partial charge in [-0.3, -0.25) is 0 Å². The van der Waals surface area contributed by atoms with E-state index < -0.39 is 0 Å². The highest BCUT2D eigenvalue weighted by atomic mass is 16.4. The molecule has 1 aromatic carbocycles. The standard InChI is InChI=1S/C17H18N2O2/c1-2-5-15-13(4-1)14(11-20-15)16-10-19-17(21-16)6-3-9-18-12-7-8-12/h1-2,4-5,10-12,18H,3,6-9H2. The molecule has 1 fully saturated rings. The zero-order valence-electron chi connectivity index (χ0n) is 11.8. The maximum atomic E-state index is 5.86. The van der Waals surface area contributed by atoms with Crippen LogP contribution in [0.4, 0.5) is 0 Å². The van der Waals surface area contributed by atoms with Crippen molar-refractivity contribution in [2.45, 2.75) is 31.7 Å². The van der Waals surface area contributed by atoms with Crippen LogP contribution in [0.25, 0.3) is 22.3 Å². The van der Waals surface area contributed by atoms with E-state index in [1.165, 1.54) is 12.8 Å². The van der Waals surface area contributed by atoms with E-state index in [1.54, 1.807) is 12.5 Å². The number of nitrogens with one attached hydrogen (secondary N) is 1. The summed E-state index contributed by atoms with van der Waals surface area (Å²) in [7, 11) is 0. The van der Waals surface area contributed by atoms with Gasteiger partial charge in [0.25, 0.3) is 0 Å². The second-order valence-electron chi connectivity index (χ2n) is 5.60. The van der Waals surface area contributed by atoms with Gasteiger partial charge in [-0.25, -0.2) is 4.98 Å². The Kier molecular flexibility index (Phi) is 3.24. The lowest BCUT2D eigenvalue weighted by molar-refractivity contribution is 0.490. The summed E-state index contributed by atoms with van der Waals surface area (Å²) in [5.74, 6) is 1.58. The largest absolute Gasteiger partial charge is 0.464 e. The third-order valence-corrected chi connectivity index (χ3v) is 3.88. The van der Waals surface area contributed by atoms with Crippen molar-refractivity contribution in [3.8, 4) is 11.3 Å². The lowest BCUT2D eigenvalue weighted by Crippen LogP contribution is -2.17. The average molecular weight is 282 g/mol. The summed E-state index contributed by atoms with van der Waals surface area (Å²) in [5.41, 5.74) is 1.85. The summed E-state index contributed by atoms with van der Waals surface area (Å²) >= 11 is 0. The van der Waals surface area contributed by atoms with Gasteiger partial charge in [0.05, 0.1) is 11.8 Å². The van der Waals surface area contributed by atoms with E-state index in [4.69, 9.17) is 8.83 Å². The first kappa shape index (κ1) is 12.7. The fraction of sp³-hybridized carbons (Fsp3) is 0.353. The van der Waals surface area contributed by atoms with Crippen LogP contribution in [0.2, 0.25) is 0 Å². The Morgan fingerprint density at radius 3 is 3.05 bits per heavy atom. The number of rotatable bonds is 6. The zero-order valence-corrected chi connectivity index (χ0v) is 11.8. The van der Waals surface area contributed by atoms with E-state index in [0.29, 0.717) is 0 Å². The third kappa shape index (κ3) is 2.72. The molecule has 0 aliphatic heterocycles. The highest BCUT2D eigenvalue weighted by Crippen LogP contribution is 2.30. The number of hydrogen-bond donors (Lipinski definition) is 1. The van der Waals surface area contributed by atoms with Gasteiger partial charge < -0.3 is 14.2 Å². The molecule has 2 heterocycles. The van der Waals surface area contributed by atoms with Crippen molar-refractivity contribution >= 4 is 11.0 Å². The van der Waals surface area contributed by atoms with E-state index in [-0.39, 0.29) is 0 Å². The van der Waals surface area contributed by atoms with Crippen molar-refractivity contribution in [2.75, 3.05) is 6.54 Å². The van der Waals surface area contributed by atoms with Gasteiger partial charge in [0.2, 0.25) is 0 Å². The van der Waals surface area contributed by atoms with Crippen molar-refractivity contribution in [3.05, 3.63) is 42.6 Å². The van der Waals surface area contributed by atoms with Gasteiger partial charge in [0.15, 0.2) is 11.7 Å². The third-order valence-electron chi connectivity index (χ3n) is 3.88. The van der Waals surface area contributed by atoms with Crippen LogP contribution in [0.15, 0.2) is 45.6 Å². The highest BCUT2D eigenvalue weighted by molar-refractivity contribution is 5.92. The first-order valence-corrected chi connectivity index (χ1v) is 7.55. The van der Waals surface area contributed by atoms with Gasteiger partial charge in [0.1, 0.15) is 11.8 Å². The van der Waals surface area contributed by atoms with Crippen LogP contribution >= 0.6 is 0 Å². The second-order valence-corrected chi connectivity index (χ2v) is 5.60.